The fourth-order valence-electron chi connectivity index (χ4n) is 3.00. The van der Waals surface area contributed by atoms with Crippen LogP contribution in [0.25, 0.3) is 0 Å². The van der Waals surface area contributed by atoms with Gasteiger partial charge in [0.2, 0.25) is 5.91 Å². The number of benzene rings is 1. The molecule has 28 heavy (non-hydrogen) atoms. The second kappa shape index (κ2) is 11.3. The number of nitrogens with zero attached hydrogens (tertiary/aromatic N) is 3. The predicted octanol–water partition coefficient (Wildman–Crippen LogP) is 2.32. The van der Waals surface area contributed by atoms with Crippen molar-refractivity contribution in [2.24, 2.45) is 4.99 Å². The average Bonchev–Trinajstić information content (AvgIpc) is 2.64. The Morgan fingerprint density at radius 1 is 1.14 bits per heavy atom. The van der Waals surface area contributed by atoms with Crippen LogP contribution < -0.4 is 20.3 Å². The van der Waals surface area contributed by atoms with Gasteiger partial charge in [0.05, 0.1) is 7.11 Å². The second-order valence-corrected chi connectivity index (χ2v) is 7.64. The number of piperazine rings is 1. The van der Waals surface area contributed by atoms with E-state index in [1.54, 1.807) is 7.11 Å². The lowest BCUT2D eigenvalue weighted by atomic mass is 10.1. The zero-order valence-corrected chi connectivity index (χ0v) is 19.9. The van der Waals surface area contributed by atoms with Crippen molar-refractivity contribution in [3.63, 3.8) is 0 Å². The minimum atomic E-state index is -0.241. The summed E-state index contributed by atoms with van der Waals surface area (Å²) in [5, 5.41) is 6.25. The SMILES string of the molecule is CCNC(=NCC(=O)NC(C)(C)C)N1CCN(c2ccc(OC)cc2)CC1.I. The zero-order valence-electron chi connectivity index (χ0n) is 17.6. The Labute approximate surface area is 185 Å². The molecule has 1 heterocycles. The Hall–Kier alpha value is -1.71. The Morgan fingerprint density at radius 2 is 1.75 bits per heavy atom. The van der Waals surface area contributed by atoms with Gasteiger partial charge in [0, 0.05) is 44.0 Å². The zero-order chi connectivity index (χ0) is 19.9. The number of hydrogen-bond acceptors (Lipinski definition) is 4. The van der Waals surface area contributed by atoms with Crippen molar-refractivity contribution in [2.45, 2.75) is 33.2 Å². The van der Waals surface area contributed by atoms with Gasteiger partial charge in [-0.2, -0.15) is 0 Å². The lowest BCUT2D eigenvalue weighted by Crippen LogP contribution is -2.53. The molecule has 0 unspecified atom stereocenters. The Morgan fingerprint density at radius 3 is 2.25 bits per heavy atom. The molecule has 8 heteroatoms. The first kappa shape index (κ1) is 24.3. The minimum Gasteiger partial charge on any atom is -0.497 e. The van der Waals surface area contributed by atoms with Crippen LogP contribution in [0.1, 0.15) is 27.7 Å². The van der Waals surface area contributed by atoms with E-state index in [1.165, 1.54) is 5.69 Å². The molecule has 0 aliphatic carbocycles. The van der Waals surface area contributed by atoms with E-state index < -0.39 is 0 Å². The molecule has 7 nitrogen and oxygen atoms in total. The number of aliphatic imine (C=N–C) groups is 1. The van der Waals surface area contributed by atoms with Crippen LogP contribution in [0.15, 0.2) is 29.3 Å². The van der Waals surface area contributed by atoms with E-state index in [0.717, 1.165) is 44.4 Å². The highest BCUT2D eigenvalue weighted by Gasteiger charge is 2.20. The van der Waals surface area contributed by atoms with Crippen molar-refractivity contribution in [3.8, 4) is 5.75 Å². The van der Waals surface area contributed by atoms with Gasteiger partial charge in [-0.05, 0) is 52.0 Å². The predicted molar refractivity (Wildman–Crippen MR) is 126 cm³/mol. The molecule has 1 fully saturated rings. The molecule has 1 saturated heterocycles. The molecule has 0 bridgehead atoms. The topological polar surface area (TPSA) is 69.2 Å². The van der Waals surface area contributed by atoms with Crippen molar-refractivity contribution in [3.05, 3.63) is 24.3 Å². The fraction of sp³-hybridized carbons (Fsp3) is 0.600. The summed E-state index contributed by atoms with van der Waals surface area (Å²) in [6.45, 7) is 12.4. The van der Waals surface area contributed by atoms with Crippen LogP contribution in [-0.2, 0) is 4.79 Å². The van der Waals surface area contributed by atoms with E-state index in [9.17, 15) is 4.79 Å². The molecule has 0 aromatic heterocycles. The van der Waals surface area contributed by atoms with E-state index in [1.807, 2.05) is 39.8 Å². The van der Waals surface area contributed by atoms with Gasteiger partial charge >= 0.3 is 0 Å². The van der Waals surface area contributed by atoms with Crippen molar-refractivity contribution < 1.29 is 9.53 Å². The first-order valence-corrected chi connectivity index (χ1v) is 9.55. The summed E-state index contributed by atoms with van der Waals surface area (Å²) in [5.74, 6) is 1.61. The van der Waals surface area contributed by atoms with Crippen molar-refractivity contribution in [1.82, 2.24) is 15.5 Å². The molecule has 0 atom stereocenters. The van der Waals surface area contributed by atoms with E-state index in [0.29, 0.717) is 0 Å². The van der Waals surface area contributed by atoms with Crippen LogP contribution in [0.2, 0.25) is 0 Å². The summed E-state index contributed by atoms with van der Waals surface area (Å²) in [5.41, 5.74) is 0.955. The molecule has 0 spiro atoms. The number of nitrogens with one attached hydrogen (secondary N) is 2. The first-order valence-electron chi connectivity index (χ1n) is 9.55. The summed E-state index contributed by atoms with van der Waals surface area (Å²) in [6.07, 6.45) is 0. The summed E-state index contributed by atoms with van der Waals surface area (Å²) in [6, 6.07) is 8.15. The number of methoxy groups -OCH3 is 1. The monoisotopic (exact) mass is 503 g/mol. The lowest BCUT2D eigenvalue weighted by Gasteiger charge is -2.37. The molecule has 1 aliphatic rings. The fourth-order valence-corrected chi connectivity index (χ4v) is 3.00. The summed E-state index contributed by atoms with van der Waals surface area (Å²) >= 11 is 0. The van der Waals surface area contributed by atoms with Crippen LogP contribution in [-0.4, -0.2) is 68.7 Å². The van der Waals surface area contributed by atoms with Crippen LogP contribution in [0, 0.1) is 0 Å². The highest BCUT2D eigenvalue weighted by molar-refractivity contribution is 14.0. The maximum atomic E-state index is 12.1. The highest BCUT2D eigenvalue weighted by atomic mass is 127. The normalized spacial score (nSPS) is 15.0. The largest absolute Gasteiger partial charge is 0.497 e. The van der Waals surface area contributed by atoms with Gasteiger partial charge in [0.15, 0.2) is 5.96 Å². The van der Waals surface area contributed by atoms with Crippen LogP contribution >= 0.6 is 24.0 Å². The molecule has 1 aromatic rings. The summed E-state index contributed by atoms with van der Waals surface area (Å²) in [7, 11) is 1.68. The molecule has 1 aliphatic heterocycles. The molecule has 0 radical (unpaired) electrons. The molecule has 158 valence electrons. The number of amides is 1. The molecular formula is C20H34IN5O2. The number of halogens is 1. The summed E-state index contributed by atoms with van der Waals surface area (Å²) in [4.78, 5) is 21.2. The Bertz CT molecular complexity index is 635. The van der Waals surface area contributed by atoms with Gasteiger partial charge in [-0.1, -0.05) is 0 Å². The number of hydrogen-bond donors (Lipinski definition) is 2. The van der Waals surface area contributed by atoms with Gasteiger partial charge < -0.3 is 25.2 Å². The lowest BCUT2D eigenvalue weighted by molar-refractivity contribution is -0.121. The number of carbonyl (C=O) groups excluding carboxylic acids is 1. The molecule has 2 N–H and O–H groups in total. The number of rotatable bonds is 5. The molecule has 1 amide bonds. The molecular weight excluding hydrogens is 469 g/mol. The summed E-state index contributed by atoms with van der Waals surface area (Å²) < 4.78 is 5.22. The van der Waals surface area contributed by atoms with Crippen molar-refractivity contribution >= 4 is 41.5 Å². The minimum absolute atomic E-state index is 0. The van der Waals surface area contributed by atoms with E-state index >= 15 is 0 Å². The van der Waals surface area contributed by atoms with Gasteiger partial charge in [0.25, 0.3) is 0 Å². The average molecular weight is 503 g/mol. The standard InChI is InChI=1S/C20H33N5O2.HI/c1-6-21-19(22-15-18(26)23-20(2,3)4)25-13-11-24(12-14-25)16-7-9-17(27-5)10-8-16;/h7-10H,6,11-15H2,1-5H3,(H,21,22)(H,23,26);1H. The number of anilines is 1. The van der Waals surface area contributed by atoms with Crippen molar-refractivity contribution in [1.29, 1.82) is 0 Å². The third-order valence-electron chi connectivity index (χ3n) is 4.24. The number of carbonyl (C=O) groups is 1. The molecule has 0 saturated carbocycles. The smallest absolute Gasteiger partial charge is 0.242 e. The van der Waals surface area contributed by atoms with Crippen LogP contribution in [0.3, 0.4) is 0 Å². The van der Waals surface area contributed by atoms with Gasteiger partial charge in [-0.25, -0.2) is 4.99 Å². The third kappa shape index (κ3) is 7.73. The van der Waals surface area contributed by atoms with E-state index in [-0.39, 0.29) is 42.0 Å². The second-order valence-electron chi connectivity index (χ2n) is 7.64. The molecule has 2 rings (SSSR count). The van der Waals surface area contributed by atoms with Gasteiger partial charge in [0.1, 0.15) is 12.3 Å². The third-order valence-corrected chi connectivity index (χ3v) is 4.24. The maximum Gasteiger partial charge on any atom is 0.242 e. The van der Waals surface area contributed by atoms with Crippen LogP contribution in [0.5, 0.6) is 5.75 Å². The van der Waals surface area contributed by atoms with Gasteiger partial charge in [-0.3, -0.25) is 4.79 Å². The number of guanidine groups is 1. The first-order chi connectivity index (χ1) is 12.8. The molecule has 1 aromatic carbocycles. The van der Waals surface area contributed by atoms with Crippen LogP contribution in [0.4, 0.5) is 5.69 Å². The Balaban J connectivity index is 0.00000392. The number of ether oxygens (including phenoxy) is 1. The highest BCUT2D eigenvalue weighted by Crippen LogP contribution is 2.20. The Kier molecular flexibility index (Phi) is 9.84. The maximum absolute atomic E-state index is 12.1. The van der Waals surface area contributed by atoms with E-state index in [4.69, 9.17) is 4.74 Å². The van der Waals surface area contributed by atoms with E-state index in [2.05, 4.69) is 37.6 Å². The quantitative estimate of drug-likeness (QED) is 0.367. The van der Waals surface area contributed by atoms with Gasteiger partial charge in [-0.15, -0.1) is 24.0 Å². The van der Waals surface area contributed by atoms with Crippen molar-refractivity contribution in [2.75, 3.05) is 51.3 Å².